The number of methoxy groups -OCH3 is 1. The molecule has 55 heavy (non-hydrogen) atoms. The third-order valence-electron chi connectivity index (χ3n) is 11.3. The summed E-state index contributed by atoms with van der Waals surface area (Å²) in [7, 11) is -0.857. The largest absolute Gasteiger partial charge is 0.497 e. The molecule has 1 N–H and O–H groups in total. The van der Waals surface area contributed by atoms with Gasteiger partial charge in [0.1, 0.15) is 5.75 Å². The topological polar surface area (TPSA) is 153 Å². The number of fused-ring (bicyclic) bond motifs is 2. The number of carbonyl (C=O) groups excluding carboxylic acids is 2. The third kappa shape index (κ3) is 6.81. The van der Waals surface area contributed by atoms with Crippen LogP contribution in [0.25, 0.3) is 0 Å². The van der Waals surface area contributed by atoms with Crippen molar-refractivity contribution < 1.29 is 29.1 Å². The van der Waals surface area contributed by atoms with E-state index in [4.69, 9.17) is 9.47 Å². The van der Waals surface area contributed by atoms with E-state index < -0.39 is 24.7 Å². The molecule has 2 aliphatic heterocycles. The molecule has 0 aliphatic carbocycles. The highest BCUT2D eigenvalue weighted by molar-refractivity contribution is 6.91. The third-order valence-corrected chi connectivity index (χ3v) is 15.7. The van der Waals surface area contributed by atoms with Gasteiger partial charge in [-0.15, -0.1) is 5.10 Å². The summed E-state index contributed by atoms with van der Waals surface area (Å²) in [6.45, 7) is 7.18. The molecule has 1 spiro atoms. The number of non-ortho nitro benzene ring substituents is 1. The Hall–Kier alpha value is -5.70. The molecule has 13 nitrogen and oxygen atoms in total. The second kappa shape index (κ2) is 15.2. The summed E-state index contributed by atoms with van der Waals surface area (Å²) in [5.74, 6) is 0.0820. The lowest BCUT2D eigenvalue weighted by Gasteiger charge is -2.37. The zero-order valence-electron chi connectivity index (χ0n) is 31.2. The molecule has 284 valence electrons. The van der Waals surface area contributed by atoms with Crippen molar-refractivity contribution in [3.8, 4) is 5.75 Å². The maximum atomic E-state index is 15.3. The number of aryl methyl sites for hydroxylation is 1. The Morgan fingerprint density at radius 2 is 1.78 bits per heavy atom. The molecule has 4 aromatic carbocycles. The number of aromatic nitrogens is 3. The number of nitro groups is 1. The average Bonchev–Trinajstić information content (AvgIpc) is 3.84. The van der Waals surface area contributed by atoms with Gasteiger partial charge in [-0.2, -0.15) is 0 Å². The second-order valence-electron chi connectivity index (χ2n) is 14.7. The van der Waals surface area contributed by atoms with E-state index in [2.05, 4.69) is 35.5 Å². The van der Waals surface area contributed by atoms with Crippen LogP contribution in [0.5, 0.6) is 5.75 Å². The van der Waals surface area contributed by atoms with Crippen molar-refractivity contribution in [3.63, 3.8) is 0 Å². The Bertz CT molecular complexity index is 2200. The minimum Gasteiger partial charge on any atom is -0.497 e. The fraction of sp³-hybridized carbons (Fsp3) is 0.317. The number of aliphatic hydroxyl groups is 1. The molecule has 14 heteroatoms. The van der Waals surface area contributed by atoms with Gasteiger partial charge >= 0.3 is 0 Å². The molecule has 1 saturated heterocycles. The SMILES string of the molecule is COc1ccc([Si](C)(C)[C@H]2[C@H](CCn3cc(CCO)nn3)O[C@@]3(C(=O)N(Cc4cccc(N(C=O)c5ccccc5)c4)c4ccc([N+](=O)[O-])cc43)[C@@H]2C)cc1. The minimum absolute atomic E-state index is 0.0367. The predicted octanol–water partition coefficient (Wildman–Crippen LogP) is 5.88. The molecule has 2 amide bonds. The fourth-order valence-electron chi connectivity index (χ4n) is 8.62. The summed E-state index contributed by atoms with van der Waals surface area (Å²) in [6.07, 6.45) is 3.04. The van der Waals surface area contributed by atoms with Gasteiger partial charge in [0.25, 0.3) is 11.6 Å². The quantitative estimate of drug-likeness (QED) is 0.0633. The highest BCUT2D eigenvalue weighted by atomic mass is 28.3. The van der Waals surface area contributed by atoms with Crippen LogP contribution < -0.4 is 19.7 Å². The van der Waals surface area contributed by atoms with Gasteiger partial charge in [0.05, 0.1) is 44.1 Å². The standard InChI is InChI=1S/C41H44N6O7Si/c1-28-39(55(3,4)35-16-14-34(53-2)15-17-35)38(19-21-44-26-30(20-22-48)42-43-44)54-41(28)36-24-33(47(51)52)13-18-37(36)45(40(41)50)25-29-9-8-12-32(23-29)46(27-49)31-10-6-5-7-11-31/h5-18,23-24,26-28,38-39,48H,19-22,25H2,1-4H3/t28-,38+,39-,41+/m1/s1. The van der Waals surface area contributed by atoms with Gasteiger partial charge in [0.2, 0.25) is 6.41 Å². The fourth-order valence-corrected chi connectivity index (χ4v) is 12.7. The van der Waals surface area contributed by atoms with E-state index in [1.807, 2.05) is 79.9 Å². The lowest BCUT2D eigenvalue weighted by Crippen LogP contribution is -2.51. The molecule has 0 saturated carbocycles. The molecule has 3 heterocycles. The number of hydrogen-bond donors (Lipinski definition) is 1. The van der Waals surface area contributed by atoms with Crippen LogP contribution in [-0.2, 0) is 39.4 Å². The van der Waals surface area contributed by atoms with Crippen molar-refractivity contribution in [1.29, 1.82) is 0 Å². The van der Waals surface area contributed by atoms with Crippen LogP contribution in [0.15, 0.2) is 103 Å². The smallest absolute Gasteiger partial charge is 0.269 e. The molecular weight excluding hydrogens is 717 g/mol. The summed E-state index contributed by atoms with van der Waals surface area (Å²) in [5, 5.41) is 31.3. The van der Waals surface area contributed by atoms with Crippen LogP contribution in [-0.4, -0.2) is 65.2 Å². The van der Waals surface area contributed by atoms with E-state index >= 15 is 4.79 Å². The van der Waals surface area contributed by atoms with Crippen molar-refractivity contribution in [1.82, 2.24) is 15.0 Å². The Morgan fingerprint density at radius 1 is 1.04 bits per heavy atom. The number of ether oxygens (including phenoxy) is 2. The Kier molecular flexibility index (Phi) is 10.4. The first kappa shape index (κ1) is 37.6. The van der Waals surface area contributed by atoms with Crippen LogP contribution in [0.1, 0.15) is 30.2 Å². The maximum absolute atomic E-state index is 15.3. The summed E-state index contributed by atoms with van der Waals surface area (Å²) < 4.78 is 14.4. The maximum Gasteiger partial charge on any atom is 0.269 e. The molecule has 1 aromatic heterocycles. The van der Waals surface area contributed by atoms with Gasteiger partial charge in [-0.3, -0.25) is 29.3 Å². The van der Waals surface area contributed by atoms with E-state index in [0.717, 1.165) is 17.7 Å². The second-order valence-corrected chi connectivity index (χ2v) is 19.4. The lowest BCUT2D eigenvalue weighted by atomic mass is 9.82. The molecule has 0 bridgehead atoms. The van der Waals surface area contributed by atoms with Crippen LogP contribution in [0.2, 0.25) is 18.6 Å². The Morgan fingerprint density at radius 3 is 2.47 bits per heavy atom. The Labute approximate surface area is 320 Å². The summed E-state index contributed by atoms with van der Waals surface area (Å²) in [5.41, 5.74) is 2.08. The van der Waals surface area contributed by atoms with Crippen LogP contribution in [0.4, 0.5) is 22.7 Å². The summed E-state index contributed by atoms with van der Waals surface area (Å²) >= 11 is 0. The van der Waals surface area contributed by atoms with Gasteiger partial charge in [-0.25, -0.2) is 0 Å². The molecule has 2 aliphatic rings. The van der Waals surface area contributed by atoms with Gasteiger partial charge in [-0.1, -0.05) is 72.9 Å². The number of amides is 2. The van der Waals surface area contributed by atoms with E-state index in [1.54, 1.807) is 27.7 Å². The zero-order chi connectivity index (χ0) is 38.9. The number of benzene rings is 4. The molecular formula is C41H44N6O7Si. The molecule has 1 fully saturated rings. The molecule has 0 radical (unpaired) electrons. The zero-order valence-corrected chi connectivity index (χ0v) is 32.2. The summed E-state index contributed by atoms with van der Waals surface area (Å²) in [6, 6.07) is 29.4. The Balaban J connectivity index is 1.30. The monoisotopic (exact) mass is 760 g/mol. The van der Waals surface area contributed by atoms with Crippen LogP contribution >= 0.6 is 0 Å². The molecule has 4 atom stereocenters. The number of nitrogens with zero attached hydrogens (tertiary/aromatic N) is 6. The van der Waals surface area contributed by atoms with E-state index in [9.17, 15) is 20.0 Å². The van der Waals surface area contributed by atoms with Crippen molar-refractivity contribution in [2.45, 2.75) is 63.2 Å². The first-order valence-electron chi connectivity index (χ1n) is 18.3. The van der Waals surface area contributed by atoms with Gasteiger partial charge < -0.3 is 19.5 Å². The van der Waals surface area contributed by atoms with Gasteiger partial charge in [-0.05, 0) is 60.0 Å². The van der Waals surface area contributed by atoms with E-state index in [-0.39, 0.29) is 36.2 Å². The lowest BCUT2D eigenvalue weighted by molar-refractivity contribution is -0.385. The minimum atomic E-state index is -2.49. The first-order valence-corrected chi connectivity index (χ1v) is 21.4. The van der Waals surface area contributed by atoms with Gasteiger partial charge in [0, 0.05) is 60.8 Å². The van der Waals surface area contributed by atoms with Crippen molar-refractivity contribution >= 4 is 48.3 Å². The molecule has 7 rings (SSSR count). The predicted molar refractivity (Wildman–Crippen MR) is 210 cm³/mol. The first-order chi connectivity index (χ1) is 26.5. The number of para-hydroxylation sites is 1. The highest BCUT2D eigenvalue weighted by Gasteiger charge is 2.66. The average molecular weight is 761 g/mol. The van der Waals surface area contributed by atoms with Crippen molar-refractivity contribution in [2.75, 3.05) is 23.5 Å². The molecule has 5 aromatic rings. The normalized spacial score (nSPS) is 20.5. The van der Waals surface area contributed by atoms with Crippen molar-refractivity contribution in [3.05, 3.63) is 130 Å². The van der Waals surface area contributed by atoms with Gasteiger partial charge in [0.15, 0.2) is 5.60 Å². The van der Waals surface area contributed by atoms with Crippen LogP contribution in [0, 0.1) is 16.0 Å². The number of anilines is 3. The molecule has 0 unspecified atom stereocenters. The number of nitro benzene ring substituents is 1. The highest BCUT2D eigenvalue weighted by Crippen LogP contribution is 2.60. The van der Waals surface area contributed by atoms with E-state index in [0.29, 0.717) is 47.7 Å². The number of carbonyl (C=O) groups is 2. The number of aliphatic hydroxyl groups excluding tert-OH is 1. The number of hydrogen-bond acceptors (Lipinski definition) is 9. The number of rotatable bonds is 14. The van der Waals surface area contributed by atoms with E-state index in [1.165, 1.54) is 17.3 Å². The van der Waals surface area contributed by atoms with Crippen molar-refractivity contribution in [2.24, 2.45) is 5.92 Å². The van der Waals surface area contributed by atoms with Crippen LogP contribution in [0.3, 0.4) is 0 Å². The summed E-state index contributed by atoms with van der Waals surface area (Å²) in [4.78, 5) is 42.6.